The Kier molecular flexibility index (Phi) is 4.13. The van der Waals surface area contributed by atoms with Gasteiger partial charge in [0, 0.05) is 19.0 Å². The normalized spacial score (nSPS) is 20.0. The van der Waals surface area contributed by atoms with Gasteiger partial charge in [0.05, 0.1) is 10.6 Å². The van der Waals surface area contributed by atoms with Crippen molar-refractivity contribution in [3.05, 3.63) is 24.3 Å². The van der Waals surface area contributed by atoms with Crippen molar-refractivity contribution in [2.75, 3.05) is 11.9 Å². The first-order chi connectivity index (χ1) is 9.72. The van der Waals surface area contributed by atoms with Gasteiger partial charge in [-0.2, -0.15) is 13.2 Å². The third-order valence-electron chi connectivity index (χ3n) is 3.11. The Morgan fingerprint density at radius 2 is 1.90 bits per heavy atom. The molecule has 2 rings (SSSR count). The minimum absolute atomic E-state index is 0.115. The fourth-order valence-electron chi connectivity index (χ4n) is 2.02. The lowest BCUT2D eigenvalue weighted by molar-refractivity contribution is -0.122. The second-order valence-corrected chi connectivity index (χ2v) is 6.54. The Bertz CT molecular complexity index is 633. The summed E-state index contributed by atoms with van der Waals surface area (Å²) in [7, 11) is -5.42. The predicted octanol–water partition coefficient (Wildman–Crippen LogP) is 1.67. The number of halogens is 3. The summed E-state index contributed by atoms with van der Waals surface area (Å²) in [5.74, 6) is -0.135. The first-order valence-electron chi connectivity index (χ1n) is 6.15. The van der Waals surface area contributed by atoms with Gasteiger partial charge < -0.3 is 10.6 Å². The molecule has 1 fully saturated rings. The van der Waals surface area contributed by atoms with Crippen molar-refractivity contribution in [2.45, 2.75) is 29.3 Å². The van der Waals surface area contributed by atoms with Gasteiger partial charge in [-0.15, -0.1) is 0 Å². The van der Waals surface area contributed by atoms with Gasteiger partial charge in [0.1, 0.15) is 0 Å². The van der Waals surface area contributed by atoms with Gasteiger partial charge in [-0.05, 0) is 18.6 Å². The molecular formula is C12H13F3N2O3S. The fourth-order valence-corrected chi connectivity index (χ4v) is 2.94. The van der Waals surface area contributed by atoms with Gasteiger partial charge in [0.25, 0.3) is 9.84 Å². The average Bonchev–Trinajstić information content (AvgIpc) is 2.40. The molecule has 0 radical (unpaired) electrons. The monoisotopic (exact) mass is 322 g/mol. The number of rotatable bonds is 3. The molecule has 9 heteroatoms. The lowest BCUT2D eigenvalue weighted by Gasteiger charge is -2.25. The Balaban J connectivity index is 2.28. The van der Waals surface area contributed by atoms with E-state index in [1.165, 1.54) is 18.2 Å². The molecule has 1 aromatic carbocycles. The maximum atomic E-state index is 12.7. The van der Waals surface area contributed by atoms with Gasteiger partial charge >= 0.3 is 5.51 Å². The van der Waals surface area contributed by atoms with Crippen molar-refractivity contribution in [2.24, 2.45) is 0 Å². The van der Waals surface area contributed by atoms with Crippen molar-refractivity contribution in [3.8, 4) is 0 Å². The Hall–Kier alpha value is -1.77. The summed E-state index contributed by atoms with van der Waals surface area (Å²) in [6, 6.07) is 4.54. The Morgan fingerprint density at radius 1 is 1.24 bits per heavy atom. The quantitative estimate of drug-likeness (QED) is 0.888. The van der Waals surface area contributed by atoms with Crippen LogP contribution in [-0.2, 0) is 14.6 Å². The van der Waals surface area contributed by atoms with Crippen molar-refractivity contribution >= 4 is 21.4 Å². The van der Waals surface area contributed by atoms with Gasteiger partial charge in [-0.25, -0.2) is 8.42 Å². The molecule has 0 spiro atoms. The molecule has 1 saturated heterocycles. The van der Waals surface area contributed by atoms with E-state index in [0.717, 1.165) is 6.07 Å². The van der Waals surface area contributed by atoms with Gasteiger partial charge in [-0.1, -0.05) is 12.1 Å². The van der Waals surface area contributed by atoms with Crippen LogP contribution in [0.5, 0.6) is 0 Å². The van der Waals surface area contributed by atoms with Crippen LogP contribution in [0.1, 0.15) is 12.8 Å². The first kappa shape index (κ1) is 15.6. The van der Waals surface area contributed by atoms with Crippen LogP contribution < -0.4 is 10.6 Å². The van der Waals surface area contributed by atoms with E-state index in [2.05, 4.69) is 10.6 Å². The maximum absolute atomic E-state index is 12.7. The molecule has 1 amide bonds. The number of benzene rings is 1. The van der Waals surface area contributed by atoms with Crippen LogP contribution >= 0.6 is 0 Å². The molecule has 0 bridgehead atoms. The standard InChI is InChI=1S/C12H13F3N2O3S/c13-12(14,15)21(19,20)10-4-2-1-3-9(10)17-8-5-6-11(18)16-7-8/h1-4,8,17H,5-7H2,(H,16,18). The van der Waals surface area contributed by atoms with E-state index >= 15 is 0 Å². The SMILES string of the molecule is O=C1CCC(Nc2ccccc2S(=O)(=O)C(F)(F)F)CN1. The van der Waals surface area contributed by atoms with Gasteiger partial charge in [0.15, 0.2) is 0 Å². The summed E-state index contributed by atoms with van der Waals surface area (Å²) in [6.07, 6.45) is 0.665. The summed E-state index contributed by atoms with van der Waals surface area (Å²) in [6.45, 7) is 0.235. The van der Waals surface area contributed by atoms with E-state index in [0.29, 0.717) is 6.42 Å². The highest BCUT2D eigenvalue weighted by Crippen LogP contribution is 2.34. The Labute approximate surface area is 119 Å². The topological polar surface area (TPSA) is 75.3 Å². The summed E-state index contributed by atoms with van der Waals surface area (Å²) < 4.78 is 61.0. The van der Waals surface area contributed by atoms with Crippen LogP contribution in [0, 0.1) is 0 Å². The van der Waals surface area contributed by atoms with E-state index in [4.69, 9.17) is 0 Å². The number of nitrogens with one attached hydrogen (secondary N) is 2. The minimum atomic E-state index is -5.42. The van der Waals surface area contributed by atoms with E-state index in [-0.39, 0.29) is 30.6 Å². The largest absolute Gasteiger partial charge is 0.501 e. The van der Waals surface area contributed by atoms with Crippen LogP contribution in [0.3, 0.4) is 0 Å². The number of hydrogen-bond donors (Lipinski definition) is 2. The van der Waals surface area contributed by atoms with Crippen molar-refractivity contribution in [1.29, 1.82) is 0 Å². The van der Waals surface area contributed by atoms with E-state index < -0.39 is 20.2 Å². The molecule has 1 aliphatic rings. The molecule has 21 heavy (non-hydrogen) atoms. The second kappa shape index (κ2) is 5.55. The average molecular weight is 322 g/mol. The molecule has 1 aliphatic heterocycles. The highest BCUT2D eigenvalue weighted by molar-refractivity contribution is 7.92. The van der Waals surface area contributed by atoms with Crippen LogP contribution in [0.25, 0.3) is 0 Å². The number of sulfone groups is 1. The number of amides is 1. The number of para-hydroxylation sites is 1. The fraction of sp³-hybridized carbons (Fsp3) is 0.417. The van der Waals surface area contributed by atoms with Crippen molar-refractivity contribution < 1.29 is 26.4 Å². The zero-order valence-corrected chi connectivity index (χ0v) is 11.6. The maximum Gasteiger partial charge on any atom is 0.501 e. The molecule has 1 unspecified atom stereocenters. The molecule has 0 aliphatic carbocycles. The highest BCUT2D eigenvalue weighted by Gasteiger charge is 2.48. The third kappa shape index (κ3) is 3.29. The highest BCUT2D eigenvalue weighted by atomic mass is 32.2. The number of hydrogen-bond acceptors (Lipinski definition) is 4. The molecule has 5 nitrogen and oxygen atoms in total. The number of carbonyl (C=O) groups excluding carboxylic acids is 1. The predicted molar refractivity (Wildman–Crippen MR) is 69.3 cm³/mol. The summed E-state index contributed by atoms with van der Waals surface area (Å²) in [5.41, 5.74) is -5.47. The van der Waals surface area contributed by atoms with Crippen LogP contribution in [0.15, 0.2) is 29.2 Å². The molecule has 0 aromatic heterocycles. The molecule has 0 saturated carbocycles. The molecule has 116 valence electrons. The number of piperidine rings is 1. The van der Waals surface area contributed by atoms with E-state index in [9.17, 15) is 26.4 Å². The zero-order valence-electron chi connectivity index (χ0n) is 10.8. The molecular weight excluding hydrogens is 309 g/mol. The second-order valence-electron chi connectivity index (χ2n) is 4.63. The van der Waals surface area contributed by atoms with Crippen LogP contribution in [0.4, 0.5) is 18.9 Å². The van der Waals surface area contributed by atoms with Crippen LogP contribution in [0.2, 0.25) is 0 Å². The zero-order chi connectivity index (χ0) is 15.7. The van der Waals surface area contributed by atoms with E-state index in [1.807, 2.05) is 0 Å². The van der Waals surface area contributed by atoms with Crippen molar-refractivity contribution in [3.63, 3.8) is 0 Å². The Morgan fingerprint density at radius 3 is 2.48 bits per heavy atom. The summed E-state index contributed by atoms with van der Waals surface area (Å²) in [5, 5.41) is 5.32. The molecule has 1 heterocycles. The molecule has 1 atom stereocenters. The molecule has 2 N–H and O–H groups in total. The number of anilines is 1. The van der Waals surface area contributed by atoms with Gasteiger partial charge in [0.2, 0.25) is 5.91 Å². The first-order valence-corrected chi connectivity index (χ1v) is 7.64. The lowest BCUT2D eigenvalue weighted by atomic mass is 10.1. The smallest absolute Gasteiger partial charge is 0.379 e. The van der Waals surface area contributed by atoms with Crippen molar-refractivity contribution in [1.82, 2.24) is 5.32 Å². The molecule has 1 aromatic rings. The summed E-state index contributed by atoms with van der Waals surface area (Å²) >= 11 is 0. The van der Waals surface area contributed by atoms with Gasteiger partial charge in [-0.3, -0.25) is 4.79 Å². The number of carbonyl (C=O) groups is 1. The minimum Gasteiger partial charge on any atom is -0.379 e. The lowest BCUT2D eigenvalue weighted by Crippen LogP contribution is -2.42. The third-order valence-corrected chi connectivity index (χ3v) is 4.65. The number of alkyl halides is 3. The van der Waals surface area contributed by atoms with E-state index in [1.54, 1.807) is 0 Å². The summed E-state index contributed by atoms with van der Waals surface area (Å²) in [4.78, 5) is 10.2. The van der Waals surface area contributed by atoms with Crippen LogP contribution in [-0.4, -0.2) is 32.4 Å².